The number of aromatic nitrogens is 2. The van der Waals surface area contributed by atoms with E-state index in [2.05, 4.69) is 9.97 Å². The summed E-state index contributed by atoms with van der Waals surface area (Å²) in [5, 5.41) is 0. The lowest BCUT2D eigenvalue weighted by atomic mass is 10.1. The van der Waals surface area contributed by atoms with Gasteiger partial charge in [0, 0.05) is 11.3 Å². The van der Waals surface area contributed by atoms with E-state index < -0.39 is 0 Å². The molecular formula is C13H14N2O. The fourth-order valence-corrected chi connectivity index (χ4v) is 1.71. The van der Waals surface area contributed by atoms with Crippen molar-refractivity contribution in [3.8, 4) is 11.3 Å². The Bertz CT molecular complexity index is 544. The van der Waals surface area contributed by atoms with Crippen molar-refractivity contribution in [3.05, 3.63) is 52.1 Å². The molecule has 1 heterocycles. The predicted molar refractivity (Wildman–Crippen MR) is 64.4 cm³/mol. The van der Waals surface area contributed by atoms with Gasteiger partial charge in [-0.25, -0.2) is 4.98 Å². The number of nitrogens with zero attached hydrogens (tertiary/aromatic N) is 1. The number of hydrogen-bond acceptors (Lipinski definition) is 2. The van der Waals surface area contributed by atoms with Crippen LogP contribution >= 0.6 is 0 Å². The molecule has 0 fully saturated rings. The number of benzene rings is 1. The third-order valence-corrected chi connectivity index (χ3v) is 2.58. The molecule has 0 aliphatic carbocycles. The maximum Gasteiger partial charge on any atom is 0.274 e. The summed E-state index contributed by atoms with van der Waals surface area (Å²) in [7, 11) is 0. The molecule has 3 nitrogen and oxygen atoms in total. The Morgan fingerprint density at radius 1 is 1.25 bits per heavy atom. The Hall–Kier alpha value is -1.90. The number of H-pyrrole nitrogens is 1. The minimum Gasteiger partial charge on any atom is -0.323 e. The molecule has 1 aromatic heterocycles. The molecule has 16 heavy (non-hydrogen) atoms. The number of aryl methyl sites for hydroxylation is 2. The maximum atomic E-state index is 11.8. The topological polar surface area (TPSA) is 45.8 Å². The molecule has 0 bridgehead atoms. The van der Waals surface area contributed by atoms with Gasteiger partial charge in [0.2, 0.25) is 0 Å². The second-order valence-corrected chi connectivity index (χ2v) is 3.71. The first-order chi connectivity index (χ1) is 7.72. The summed E-state index contributed by atoms with van der Waals surface area (Å²) in [6.45, 7) is 3.91. The molecule has 0 saturated heterocycles. The second-order valence-electron chi connectivity index (χ2n) is 3.71. The van der Waals surface area contributed by atoms with Crippen molar-refractivity contribution in [2.75, 3.05) is 0 Å². The van der Waals surface area contributed by atoms with Gasteiger partial charge in [0.25, 0.3) is 5.56 Å². The van der Waals surface area contributed by atoms with Gasteiger partial charge in [0.1, 0.15) is 5.69 Å². The summed E-state index contributed by atoms with van der Waals surface area (Å²) in [6, 6.07) is 9.52. The van der Waals surface area contributed by atoms with Gasteiger partial charge in [-0.3, -0.25) is 4.79 Å². The highest BCUT2D eigenvalue weighted by atomic mass is 16.1. The fourth-order valence-electron chi connectivity index (χ4n) is 1.71. The van der Waals surface area contributed by atoms with Crippen LogP contribution in [-0.2, 0) is 6.42 Å². The summed E-state index contributed by atoms with van der Waals surface area (Å²) >= 11 is 0. The summed E-state index contributed by atoms with van der Waals surface area (Å²) < 4.78 is 0. The van der Waals surface area contributed by atoms with Crippen molar-refractivity contribution in [2.45, 2.75) is 20.3 Å². The molecule has 2 rings (SSSR count). The van der Waals surface area contributed by atoms with Gasteiger partial charge < -0.3 is 4.98 Å². The minimum atomic E-state index is -0.124. The average molecular weight is 214 g/mol. The highest BCUT2D eigenvalue weighted by Gasteiger charge is 2.07. The zero-order chi connectivity index (χ0) is 11.5. The third kappa shape index (κ3) is 1.89. The molecule has 0 amide bonds. The summed E-state index contributed by atoms with van der Waals surface area (Å²) in [5.41, 5.74) is 3.04. The lowest BCUT2D eigenvalue weighted by Gasteiger charge is -2.05. The van der Waals surface area contributed by atoms with E-state index in [0.717, 1.165) is 23.4 Å². The molecule has 2 aromatic rings. The maximum absolute atomic E-state index is 11.8. The zero-order valence-corrected chi connectivity index (χ0v) is 9.45. The average Bonchev–Trinajstić information content (AvgIpc) is 2.30. The van der Waals surface area contributed by atoms with Gasteiger partial charge in [0.05, 0.1) is 5.69 Å². The van der Waals surface area contributed by atoms with Crippen LogP contribution in [0.25, 0.3) is 11.3 Å². The first-order valence-electron chi connectivity index (χ1n) is 5.37. The van der Waals surface area contributed by atoms with Crippen LogP contribution in [0, 0.1) is 6.92 Å². The minimum absolute atomic E-state index is 0.124. The second kappa shape index (κ2) is 4.31. The van der Waals surface area contributed by atoms with E-state index in [1.807, 2.05) is 44.2 Å². The molecule has 3 heteroatoms. The van der Waals surface area contributed by atoms with Crippen LogP contribution in [-0.4, -0.2) is 9.97 Å². The van der Waals surface area contributed by atoms with E-state index >= 15 is 0 Å². The highest BCUT2D eigenvalue weighted by molar-refractivity contribution is 5.57. The lowest BCUT2D eigenvalue weighted by molar-refractivity contribution is 0.943. The number of rotatable bonds is 2. The van der Waals surface area contributed by atoms with Crippen LogP contribution in [0.5, 0.6) is 0 Å². The molecule has 0 saturated carbocycles. The number of hydrogen-bond donors (Lipinski definition) is 1. The molecular weight excluding hydrogens is 200 g/mol. The Labute approximate surface area is 94.2 Å². The van der Waals surface area contributed by atoms with E-state index in [9.17, 15) is 4.79 Å². The van der Waals surface area contributed by atoms with E-state index in [1.54, 1.807) is 0 Å². The molecule has 0 aliphatic rings. The SMILES string of the molecule is CCc1nc(-c2ccccc2)c(=O)[nH]c1C. The molecule has 0 atom stereocenters. The quantitative estimate of drug-likeness (QED) is 0.833. The predicted octanol–water partition coefficient (Wildman–Crippen LogP) is 2.31. The number of aromatic amines is 1. The van der Waals surface area contributed by atoms with E-state index in [0.29, 0.717) is 5.69 Å². The standard InChI is InChI=1S/C13H14N2O/c1-3-11-9(2)14-13(16)12(15-11)10-7-5-4-6-8-10/h4-8H,3H2,1-2H3,(H,14,16). The Morgan fingerprint density at radius 2 is 1.94 bits per heavy atom. The summed E-state index contributed by atoms with van der Waals surface area (Å²) in [4.78, 5) is 19.0. The van der Waals surface area contributed by atoms with Crippen LogP contribution in [0.2, 0.25) is 0 Å². The van der Waals surface area contributed by atoms with Gasteiger partial charge in [-0.15, -0.1) is 0 Å². The van der Waals surface area contributed by atoms with Gasteiger partial charge in [-0.2, -0.15) is 0 Å². The van der Waals surface area contributed by atoms with Gasteiger partial charge >= 0.3 is 0 Å². The van der Waals surface area contributed by atoms with Crippen molar-refractivity contribution in [3.63, 3.8) is 0 Å². The molecule has 1 aromatic carbocycles. The van der Waals surface area contributed by atoms with Gasteiger partial charge in [-0.05, 0) is 13.3 Å². The van der Waals surface area contributed by atoms with Crippen LogP contribution < -0.4 is 5.56 Å². The van der Waals surface area contributed by atoms with Crippen molar-refractivity contribution in [1.82, 2.24) is 9.97 Å². The molecule has 82 valence electrons. The molecule has 0 radical (unpaired) electrons. The monoisotopic (exact) mass is 214 g/mol. The van der Waals surface area contributed by atoms with Gasteiger partial charge in [-0.1, -0.05) is 37.3 Å². The fraction of sp³-hybridized carbons (Fsp3) is 0.231. The molecule has 1 N–H and O–H groups in total. The van der Waals surface area contributed by atoms with Crippen molar-refractivity contribution in [1.29, 1.82) is 0 Å². The molecule has 0 unspecified atom stereocenters. The van der Waals surface area contributed by atoms with Crippen molar-refractivity contribution >= 4 is 0 Å². The summed E-state index contributed by atoms with van der Waals surface area (Å²) in [5.74, 6) is 0. The van der Waals surface area contributed by atoms with Gasteiger partial charge in [0.15, 0.2) is 0 Å². The molecule has 0 spiro atoms. The van der Waals surface area contributed by atoms with Crippen LogP contribution in [0.3, 0.4) is 0 Å². The van der Waals surface area contributed by atoms with Crippen LogP contribution in [0.15, 0.2) is 35.1 Å². The first-order valence-corrected chi connectivity index (χ1v) is 5.37. The van der Waals surface area contributed by atoms with Crippen molar-refractivity contribution in [2.24, 2.45) is 0 Å². The van der Waals surface area contributed by atoms with E-state index in [1.165, 1.54) is 0 Å². The highest BCUT2D eigenvalue weighted by Crippen LogP contribution is 2.13. The lowest BCUT2D eigenvalue weighted by Crippen LogP contribution is -2.15. The van der Waals surface area contributed by atoms with Crippen molar-refractivity contribution < 1.29 is 0 Å². The molecule has 0 aliphatic heterocycles. The third-order valence-electron chi connectivity index (χ3n) is 2.58. The van der Waals surface area contributed by atoms with Crippen LogP contribution in [0.1, 0.15) is 18.3 Å². The summed E-state index contributed by atoms with van der Waals surface area (Å²) in [6.07, 6.45) is 0.822. The smallest absolute Gasteiger partial charge is 0.274 e. The zero-order valence-electron chi connectivity index (χ0n) is 9.45. The van der Waals surface area contributed by atoms with E-state index in [4.69, 9.17) is 0 Å². The normalized spacial score (nSPS) is 10.4. The Balaban J connectivity index is 2.62. The van der Waals surface area contributed by atoms with E-state index in [-0.39, 0.29) is 5.56 Å². The first kappa shape index (κ1) is 10.6. The van der Waals surface area contributed by atoms with Crippen LogP contribution in [0.4, 0.5) is 0 Å². The largest absolute Gasteiger partial charge is 0.323 e. The Morgan fingerprint density at radius 3 is 2.56 bits per heavy atom. The number of nitrogens with one attached hydrogen (secondary N) is 1. The Kier molecular flexibility index (Phi) is 2.86.